The van der Waals surface area contributed by atoms with Gasteiger partial charge in [0.1, 0.15) is 42.7 Å². The maximum absolute atomic E-state index is 12.5. The molecule has 2 saturated heterocycles. The molecule has 7 N–H and O–H groups in total. The topological polar surface area (TPSA) is 209 Å². The van der Waals surface area contributed by atoms with E-state index in [0.717, 1.165) is 44.1 Å². The van der Waals surface area contributed by atoms with Crippen molar-refractivity contribution in [2.24, 2.45) is 22.7 Å². The second kappa shape index (κ2) is 13.0. The number of aliphatic hydroxyl groups is 7. The zero-order chi connectivity index (χ0) is 35.0. The van der Waals surface area contributed by atoms with Crippen LogP contribution in [-0.4, -0.2) is 115 Å². The van der Waals surface area contributed by atoms with E-state index >= 15 is 0 Å². The molecule has 4 aliphatic carbocycles. The van der Waals surface area contributed by atoms with Gasteiger partial charge < -0.3 is 59.1 Å². The predicted octanol–water partition coefficient (Wildman–Crippen LogP) is 0.838. The number of fused-ring (bicyclic) bond motifs is 5. The summed E-state index contributed by atoms with van der Waals surface area (Å²) in [6.07, 6.45) is -3.99. The van der Waals surface area contributed by atoms with E-state index in [4.69, 9.17) is 23.4 Å². The Hall–Kier alpha value is -1.75. The van der Waals surface area contributed by atoms with Crippen LogP contribution in [-0.2, 0) is 18.9 Å². The van der Waals surface area contributed by atoms with Gasteiger partial charge in [-0.25, -0.2) is 4.79 Å². The average molecular weight is 693 g/mol. The highest BCUT2D eigenvalue weighted by Gasteiger charge is 2.67. The molecule has 3 saturated carbocycles. The summed E-state index contributed by atoms with van der Waals surface area (Å²) in [6.45, 7) is 5.41. The van der Waals surface area contributed by atoms with Crippen molar-refractivity contribution in [1.29, 1.82) is 0 Å². The third-order valence-corrected chi connectivity index (χ3v) is 13.6. The molecule has 1 aromatic rings. The number of ether oxygens (including phenoxy) is 4. The zero-order valence-corrected chi connectivity index (χ0v) is 28.3. The highest BCUT2D eigenvalue weighted by atomic mass is 16.7. The number of hydrogen-bond acceptors (Lipinski definition) is 13. The van der Waals surface area contributed by atoms with Crippen molar-refractivity contribution < 1.29 is 59.1 Å². The monoisotopic (exact) mass is 692 g/mol. The first-order valence-corrected chi connectivity index (χ1v) is 17.9. The average Bonchev–Trinajstić information content (AvgIpc) is 3.37. The maximum Gasteiger partial charge on any atom is 0.335 e. The summed E-state index contributed by atoms with van der Waals surface area (Å²) in [5, 5.41) is 75.3. The van der Waals surface area contributed by atoms with Crippen molar-refractivity contribution in [1.82, 2.24) is 0 Å². The summed E-state index contributed by atoms with van der Waals surface area (Å²) in [6, 6.07) is 3.31. The molecule has 0 amide bonds. The number of allylic oxidation sites excluding steroid dienone is 1. The molecule has 1 aromatic heterocycles. The van der Waals surface area contributed by atoms with Gasteiger partial charge >= 0.3 is 5.63 Å². The van der Waals surface area contributed by atoms with Gasteiger partial charge in [0.05, 0.1) is 30.7 Å². The van der Waals surface area contributed by atoms with Crippen LogP contribution in [0.3, 0.4) is 0 Å². The van der Waals surface area contributed by atoms with Crippen LogP contribution >= 0.6 is 0 Å². The fourth-order valence-corrected chi connectivity index (χ4v) is 10.7. The first kappa shape index (κ1) is 35.6. The van der Waals surface area contributed by atoms with Gasteiger partial charge in [-0.05, 0) is 93.1 Å². The molecule has 13 heteroatoms. The van der Waals surface area contributed by atoms with Crippen molar-refractivity contribution in [3.8, 4) is 0 Å². The van der Waals surface area contributed by atoms with Crippen LogP contribution in [0.4, 0.5) is 0 Å². The van der Waals surface area contributed by atoms with Gasteiger partial charge in [-0.1, -0.05) is 25.5 Å². The Kier molecular flexibility index (Phi) is 9.48. The van der Waals surface area contributed by atoms with Crippen molar-refractivity contribution in [3.05, 3.63) is 46.0 Å². The number of hydrogen-bond donors (Lipinski definition) is 7. The quantitative estimate of drug-likeness (QED) is 0.207. The lowest BCUT2D eigenvalue weighted by molar-refractivity contribution is -0.359. The van der Waals surface area contributed by atoms with Crippen LogP contribution in [0.1, 0.15) is 83.6 Å². The molecule has 0 radical (unpaired) electrons. The summed E-state index contributed by atoms with van der Waals surface area (Å²) >= 11 is 0. The molecule has 6 aliphatic rings. The second-order valence-corrected chi connectivity index (χ2v) is 15.9. The van der Waals surface area contributed by atoms with Gasteiger partial charge in [-0.2, -0.15) is 0 Å². The van der Waals surface area contributed by atoms with Crippen molar-refractivity contribution in [2.45, 2.75) is 151 Å². The van der Waals surface area contributed by atoms with E-state index in [1.165, 1.54) is 18.6 Å². The van der Waals surface area contributed by atoms with Gasteiger partial charge in [0.2, 0.25) is 0 Å². The molecule has 0 bridgehead atoms. The Bertz CT molecular complexity index is 1430. The minimum absolute atomic E-state index is 0.116. The Morgan fingerprint density at radius 1 is 0.837 bits per heavy atom. The van der Waals surface area contributed by atoms with Crippen LogP contribution in [0.15, 0.2) is 39.3 Å². The highest BCUT2D eigenvalue weighted by Crippen LogP contribution is 2.70. The molecule has 7 rings (SSSR count). The molecular weight excluding hydrogens is 640 g/mol. The van der Waals surface area contributed by atoms with E-state index in [9.17, 15) is 40.5 Å². The second-order valence-electron chi connectivity index (χ2n) is 15.9. The van der Waals surface area contributed by atoms with Crippen LogP contribution in [0.5, 0.6) is 0 Å². The van der Waals surface area contributed by atoms with Gasteiger partial charge in [0.15, 0.2) is 12.6 Å². The van der Waals surface area contributed by atoms with Gasteiger partial charge in [-0.3, -0.25) is 0 Å². The lowest BCUT2D eigenvalue weighted by Gasteiger charge is -2.62. The third-order valence-electron chi connectivity index (χ3n) is 13.6. The Balaban J connectivity index is 1.03. The summed E-state index contributed by atoms with van der Waals surface area (Å²) < 4.78 is 28.6. The Morgan fingerprint density at radius 3 is 2.29 bits per heavy atom. The Labute approximate surface area is 285 Å². The molecule has 5 fully saturated rings. The molecule has 0 aromatic carbocycles. The van der Waals surface area contributed by atoms with E-state index in [0.29, 0.717) is 12.8 Å². The molecule has 49 heavy (non-hydrogen) atoms. The van der Waals surface area contributed by atoms with E-state index in [1.54, 1.807) is 6.26 Å². The summed E-state index contributed by atoms with van der Waals surface area (Å²) in [7, 11) is 0. The molecular formula is C36H52O13. The fraction of sp³-hybridized carbons (Fsp3) is 0.806. The van der Waals surface area contributed by atoms with Gasteiger partial charge in [0.25, 0.3) is 0 Å². The van der Waals surface area contributed by atoms with Gasteiger partial charge in [-0.15, -0.1) is 0 Å². The molecule has 0 unspecified atom stereocenters. The fourth-order valence-electron chi connectivity index (χ4n) is 10.7. The smallest absolute Gasteiger partial charge is 0.335 e. The first-order chi connectivity index (χ1) is 23.2. The molecule has 0 spiro atoms. The molecule has 274 valence electrons. The summed E-state index contributed by atoms with van der Waals surface area (Å²) in [5.41, 5.74) is 0.574. The SMILES string of the molecule is C[C@@H]1O[C@@H](O[C@H]2[C@H](O)[C@@H](O)[C@H](O[C@@H]3C=C4CC[C@@H]5[C@H](CC[C@]6(C)[C@@H](c7ccc(=O)oc7)CC[C@]56O)[C@@]4(C)CC3)O[C@@H]2CO)[C@H](O)[C@H](O)[C@H]1O. The predicted molar refractivity (Wildman–Crippen MR) is 171 cm³/mol. The van der Waals surface area contributed by atoms with Crippen LogP contribution < -0.4 is 5.63 Å². The summed E-state index contributed by atoms with van der Waals surface area (Å²) in [5.74, 6) is 0.533. The minimum Gasteiger partial charge on any atom is -0.431 e. The molecule has 2 aliphatic heterocycles. The standard InChI is InChI=1S/C36H52O13/c1-17-26(39)27(40)29(42)32(46-17)49-31-24(15-37)48-33(30(43)28(31)41)47-20-8-11-34(2)19(14-20)5-6-23-22(34)9-12-35(3)21(10-13-36(23,35)44)18-4-7-25(38)45-16-18/h4,7,14,16-17,20-24,26-33,37,39-44H,5-6,8-13,15H2,1-3H3/t17-,20-,21+,22-,23+,24+,26-,27+,28+,29+,30+,31+,32-,33+,34-,35+,36-/m0/s1. The molecule has 13 nitrogen and oxygen atoms in total. The zero-order valence-electron chi connectivity index (χ0n) is 28.3. The largest absolute Gasteiger partial charge is 0.431 e. The van der Waals surface area contributed by atoms with E-state index in [1.807, 2.05) is 6.07 Å². The maximum atomic E-state index is 12.5. The third kappa shape index (κ3) is 5.68. The number of aliphatic hydroxyl groups excluding tert-OH is 6. The lowest BCUT2D eigenvalue weighted by atomic mass is 9.45. The first-order valence-electron chi connectivity index (χ1n) is 17.9. The minimum atomic E-state index is -1.64. The van der Waals surface area contributed by atoms with Crippen LogP contribution in [0, 0.1) is 22.7 Å². The normalized spacial score (nSPS) is 51.3. The van der Waals surface area contributed by atoms with Crippen molar-refractivity contribution in [3.63, 3.8) is 0 Å². The van der Waals surface area contributed by atoms with Crippen LogP contribution in [0.25, 0.3) is 0 Å². The molecule has 17 atom stereocenters. The lowest BCUT2D eigenvalue weighted by Crippen LogP contribution is -2.64. The van der Waals surface area contributed by atoms with E-state index in [2.05, 4.69) is 19.9 Å². The van der Waals surface area contributed by atoms with Crippen LogP contribution in [0.2, 0.25) is 0 Å². The number of rotatable bonds is 6. The van der Waals surface area contributed by atoms with Crippen molar-refractivity contribution >= 4 is 0 Å². The Morgan fingerprint density at radius 2 is 1.57 bits per heavy atom. The molecule has 3 heterocycles. The van der Waals surface area contributed by atoms with Gasteiger partial charge in [0, 0.05) is 11.5 Å². The highest BCUT2D eigenvalue weighted by molar-refractivity contribution is 5.31. The summed E-state index contributed by atoms with van der Waals surface area (Å²) in [4.78, 5) is 11.6. The van der Waals surface area contributed by atoms with E-state index < -0.39 is 79.7 Å². The van der Waals surface area contributed by atoms with E-state index in [-0.39, 0.29) is 34.2 Å². The van der Waals surface area contributed by atoms with Crippen molar-refractivity contribution in [2.75, 3.05) is 6.61 Å².